The van der Waals surface area contributed by atoms with Crippen LogP contribution in [-0.2, 0) is 12.8 Å². The SMILES string of the molecule is Cc1ccc(CC(N)C2Cc3ccccc3O2)cc1C. The molecule has 3 rings (SSSR count). The molecule has 1 aliphatic heterocycles. The van der Waals surface area contributed by atoms with E-state index < -0.39 is 0 Å². The molecule has 0 saturated heterocycles. The Balaban J connectivity index is 1.69. The molecule has 104 valence electrons. The lowest BCUT2D eigenvalue weighted by atomic mass is 9.96. The number of hydrogen-bond acceptors (Lipinski definition) is 2. The fraction of sp³-hybridized carbons (Fsp3) is 0.333. The molecule has 0 aromatic heterocycles. The van der Waals surface area contributed by atoms with Crippen molar-refractivity contribution in [1.82, 2.24) is 0 Å². The molecule has 1 heterocycles. The molecule has 0 amide bonds. The van der Waals surface area contributed by atoms with Crippen LogP contribution in [0.15, 0.2) is 42.5 Å². The predicted molar refractivity (Wildman–Crippen MR) is 82.2 cm³/mol. The van der Waals surface area contributed by atoms with Gasteiger partial charge in [0.05, 0.1) is 0 Å². The van der Waals surface area contributed by atoms with E-state index in [9.17, 15) is 0 Å². The van der Waals surface area contributed by atoms with E-state index >= 15 is 0 Å². The van der Waals surface area contributed by atoms with Crippen molar-refractivity contribution in [3.63, 3.8) is 0 Å². The van der Waals surface area contributed by atoms with Gasteiger partial charge >= 0.3 is 0 Å². The van der Waals surface area contributed by atoms with E-state index in [4.69, 9.17) is 10.5 Å². The summed E-state index contributed by atoms with van der Waals surface area (Å²) in [5.74, 6) is 0.994. The van der Waals surface area contributed by atoms with Crippen molar-refractivity contribution in [3.05, 3.63) is 64.7 Å². The molecule has 0 aliphatic carbocycles. The minimum Gasteiger partial charge on any atom is -0.488 e. The van der Waals surface area contributed by atoms with Gasteiger partial charge in [0.25, 0.3) is 0 Å². The molecule has 2 aromatic rings. The van der Waals surface area contributed by atoms with E-state index in [-0.39, 0.29) is 12.1 Å². The van der Waals surface area contributed by atoms with Crippen LogP contribution in [0.1, 0.15) is 22.3 Å². The fourth-order valence-corrected chi connectivity index (χ4v) is 2.78. The van der Waals surface area contributed by atoms with Gasteiger partial charge in [-0.2, -0.15) is 0 Å². The molecule has 2 atom stereocenters. The lowest BCUT2D eigenvalue weighted by Gasteiger charge is -2.19. The zero-order valence-corrected chi connectivity index (χ0v) is 12.1. The van der Waals surface area contributed by atoms with Gasteiger partial charge in [0.1, 0.15) is 11.9 Å². The molecule has 0 bridgehead atoms. The normalized spacial score (nSPS) is 18.4. The van der Waals surface area contributed by atoms with Gasteiger partial charge in [-0.05, 0) is 48.6 Å². The number of fused-ring (bicyclic) bond motifs is 1. The lowest BCUT2D eigenvalue weighted by molar-refractivity contribution is 0.198. The van der Waals surface area contributed by atoms with Gasteiger partial charge in [-0.3, -0.25) is 0 Å². The van der Waals surface area contributed by atoms with Crippen LogP contribution in [0.2, 0.25) is 0 Å². The van der Waals surface area contributed by atoms with E-state index in [2.05, 4.69) is 44.2 Å². The summed E-state index contributed by atoms with van der Waals surface area (Å²) in [5.41, 5.74) is 11.6. The number of aryl methyl sites for hydroxylation is 2. The Morgan fingerprint density at radius 1 is 1.15 bits per heavy atom. The van der Waals surface area contributed by atoms with Crippen molar-refractivity contribution >= 4 is 0 Å². The molecular formula is C18H21NO. The summed E-state index contributed by atoms with van der Waals surface area (Å²) in [4.78, 5) is 0. The highest BCUT2D eigenvalue weighted by molar-refractivity contribution is 5.38. The minimum absolute atomic E-state index is 0.0320. The Hall–Kier alpha value is -1.80. The number of ether oxygens (including phenoxy) is 1. The van der Waals surface area contributed by atoms with Crippen LogP contribution in [0.3, 0.4) is 0 Å². The first kappa shape index (κ1) is 13.2. The van der Waals surface area contributed by atoms with Gasteiger partial charge in [-0.15, -0.1) is 0 Å². The first-order chi connectivity index (χ1) is 9.63. The van der Waals surface area contributed by atoms with Gasteiger partial charge in [0.15, 0.2) is 0 Å². The van der Waals surface area contributed by atoms with Crippen molar-refractivity contribution in [2.45, 2.75) is 38.8 Å². The monoisotopic (exact) mass is 267 g/mol. The summed E-state index contributed by atoms with van der Waals surface area (Å²) in [7, 11) is 0. The molecule has 0 radical (unpaired) electrons. The van der Waals surface area contributed by atoms with Gasteiger partial charge in [0.2, 0.25) is 0 Å². The molecule has 0 saturated carbocycles. The number of benzene rings is 2. The second-order valence-corrected chi connectivity index (χ2v) is 5.75. The Morgan fingerprint density at radius 2 is 1.95 bits per heavy atom. The van der Waals surface area contributed by atoms with Crippen molar-refractivity contribution in [2.24, 2.45) is 5.73 Å². The third-order valence-electron chi connectivity index (χ3n) is 4.19. The molecule has 2 N–H and O–H groups in total. The van der Waals surface area contributed by atoms with Crippen LogP contribution in [0.25, 0.3) is 0 Å². The average molecular weight is 267 g/mol. The highest BCUT2D eigenvalue weighted by Gasteiger charge is 2.27. The Morgan fingerprint density at radius 3 is 2.70 bits per heavy atom. The smallest absolute Gasteiger partial charge is 0.123 e. The van der Waals surface area contributed by atoms with Gasteiger partial charge < -0.3 is 10.5 Å². The second kappa shape index (κ2) is 5.29. The van der Waals surface area contributed by atoms with Gasteiger partial charge in [0, 0.05) is 12.5 Å². The van der Waals surface area contributed by atoms with E-state index in [1.807, 2.05) is 12.1 Å². The molecule has 2 heteroatoms. The fourth-order valence-electron chi connectivity index (χ4n) is 2.78. The van der Waals surface area contributed by atoms with E-state index in [0.717, 1.165) is 18.6 Å². The molecule has 0 spiro atoms. The molecule has 2 nitrogen and oxygen atoms in total. The third kappa shape index (κ3) is 2.56. The largest absolute Gasteiger partial charge is 0.488 e. The zero-order chi connectivity index (χ0) is 14.1. The zero-order valence-electron chi connectivity index (χ0n) is 12.1. The maximum Gasteiger partial charge on any atom is 0.123 e. The number of hydrogen-bond donors (Lipinski definition) is 1. The summed E-state index contributed by atoms with van der Waals surface area (Å²) >= 11 is 0. The van der Waals surface area contributed by atoms with Crippen molar-refractivity contribution in [2.75, 3.05) is 0 Å². The first-order valence-electron chi connectivity index (χ1n) is 7.20. The summed E-state index contributed by atoms with van der Waals surface area (Å²) in [6.45, 7) is 4.28. The number of para-hydroxylation sites is 1. The Kier molecular flexibility index (Phi) is 3.49. The summed E-state index contributed by atoms with van der Waals surface area (Å²) in [6.07, 6.45) is 1.87. The van der Waals surface area contributed by atoms with Crippen LogP contribution < -0.4 is 10.5 Å². The number of rotatable bonds is 3. The predicted octanol–water partition coefficient (Wildman–Crippen LogP) is 3.18. The van der Waals surface area contributed by atoms with Crippen molar-refractivity contribution in [3.8, 4) is 5.75 Å². The van der Waals surface area contributed by atoms with E-state index in [1.54, 1.807) is 0 Å². The van der Waals surface area contributed by atoms with Crippen LogP contribution >= 0.6 is 0 Å². The van der Waals surface area contributed by atoms with Crippen LogP contribution in [0.4, 0.5) is 0 Å². The molecule has 1 aliphatic rings. The highest BCUT2D eigenvalue weighted by atomic mass is 16.5. The Bertz CT molecular complexity index is 596. The minimum atomic E-state index is 0.0320. The van der Waals surface area contributed by atoms with E-state index in [0.29, 0.717) is 0 Å². The summed E-state index contributed by atoms with van der Waals surface area (Å²) in [5, 5.41) is 0. The quantitative estimate of drug-likeness (QED) is 0.927. The van der Waals surface area contributed by atoms with Crippen LogP contribution in [-0.4, -0.2) is 12.1 Å². The standard InChI is InChI=1S/C18H21NO/c1-12-7-8-14(9-13(12)2)10-16(19)18-11-15-5-3-4-6-17(15)20-18/h3-9,16,18H,10-11,19H2,1-2H3. The third-order valence-corrected chi connectivity index (χ3v) is 4.19. The first-order valence-corrected chi connectivity index (χ1v) is 7.20. The molecule has 2 unspecified atom stereocenters. The van der Waals surface area contributed by atoms with Crippen LogP contribution in [0.5, 0.6) is 5.75 Å². The van der Waals surface area contributed by atoms with Gasteiger partial charge in [-0.25, -0.2) is 0 Å². The Labute approximate surface area is 120 Å². The number of nitrogens with two attached hydrogens (primary N) is 1. The maximum atomic E-state index is 6.35. The highest BCUT2D eigenvalue weighted by Crippen LogP contribution is 2.29. The molecular weight excluding hydrogens is 246 g/mol. The van der Waals surface area contributed by atoms with Gasteiger partial charge in [-0.1, -0.05) is 36.4 Å². The van der Waals surface area contributed by atoms with E-state index in [1.165, 1.54) is 22.3 Å². The lowest BCUT2D eigenvalue weighted by Crippen LogP contribution is -2.39. The maximum absolute atomic E-state index is 6.35. The topological polar surface area (TPSA) is 35.2 Å². The average Bonchev–Trinajstić information content (AvgIpc) is 2.87. The van der Waals surface area contributed by atoms with Crippen LogP contribution in [0, 0.1) is 13.8 Å². The summed E-state index contributed by atoms with van der Waals surface area (Å²) < 4.78 is 5.97. The van der Waals surface area contributed by atoms with Crippen molar-refractivity contribution in [1.29, 1.82) is 0 Å². The second-order valence-electron chi connectivity index (χ2n) is 5.75. The van der Waals surface area contributed by atoms with Crippen molar-refractivity contribution < 1.29 is 4.74 Å². The molecule has 20 heavy (non-hydrogen) atoms. The molecule has 2 aromatic carbocycles. The molecule has 0 fully saturated rings. The summed E-state index contributed by atoms with van der Waals surface area (Å²) in [6, 6.07) is 14.8.